The lowest BCUT2D eigenvalue weighted by Crippen LogP contribution is -2.24. The highest BCUT2D eigenvalue weighted by Crippen LogP contribution is 2.24. The van der Waals surface area contributed by atoms with Crippen LogP contribution in [0.5, 0.6) is 0 Å². The van der Waals surface area contributed by atoms with E-state index in [0.717, 1.165) is 0 Å². The number of anilines is 2. The molecule has 122 valence electrons. The van der Waals surface area contributed by atoms with Crippen molar-refractivity contribution in [3.05, 3.63) is 53.1 Å². The Kier molecular flexibility index (Phi) is 5.46. The monoisotopic (exact) mass is 369 g/mol. The maximum atomic E-state index is 12.6. The molecule has 0 unspecified atom stereocenters. The summed E-state index contributed by atoms with van der Waals surface area (Å²) in [6.07, 6.45) is 0. The Balaban J connectivity index is 2.35. The maximum Gasteiger partial charge on any atom is 0.262 e. The Morgan fingerprint density at radius 2 is 1.87 bits per heavy atom. The first-order valence-corrected chi connectivity index (χ1v) is 8.96. The molecule has 0 aliphatic rings. The second-order valence-electron chi connectivity index (χ2n) is 4.80. The fourth-order valence-electron chi connectivity index (χ4n) is 1.92. The number of hydrogen-bond acceptors (Lipinski definition) is 3. The molecule has 0 saturated heterocycles. The number of halogens is 1. The van der Waals surface area contributed by atoms with Gasteiger partial charge >= 0.3 is 0 Å². The third-order valence-electron chi connectivity index (χ3n) is 3.04. The van der Waals surface area contributed by atoms with Gasteiger partial charge in [0.25, 0.3) is 10.0 Å². The Bertz CT molecular complexity index is 838. The second kappa shape index (κ2) is 7.16. The minimum atomic E-state index is -3.74. The average molecular weight is 370 g/mol. The van der Waals surface area contributed by atoms with Gasteiger partial charge in [0.15, 0.2) is 5.11 Å². The highest BCUT2D eigenvalue weighted by Gasteiger charge is 2.18. The van der Waals surface area contributed by atoms with Gasteiger partial charge in [0.2, 0.25) is 0 Å². The first kappa shape index (κ1) is 17.5. The summed E-state index contributed by atoms with van der Waals surface area (Å²) in [5.41, 5.74) is 1.61. The molecule has 8 heteroatoms. The molecule has 0 amide bonds. The zero-order valence-electron chi connectivity index (χ0n) is 12.6. The van der Waals surface area contributed by atoms with Crippen LogP contribution in [0.15, 0.2) is 47.4 Å². The minimum Gasteiger partial charge on any atom is -0.366 e. The van der Waals surface area contributed by atoms with Crippen molar-refractivity contribution in [1.29, 1.82) is 0 Å². The summed E-state index contributed by atoms with van der Waals surface area (Å²) in [6, 6.07) is 11.5. The average Bonchev–Trinajstić information content (AvgIpc) is 2.48. The molecule has 0 aromatic heterocycles. The summed E-state index contributed by atoms with van der Waals surface area (Å²) in [5, 5.41) is 6.54. The van der Waals surface area contributed by atoms with Crippen molar-refractivity contribution in [3.8, 4) is 0 Å². The zero-order valence-corrected chi connectivity index (χ0v) is 14.9. The van der Waals surface area contributed by atoms with Gasteiger partial charge in [-0.05, 0) is 55.0 Å². The number of benzene rings is 2. The van der Waals surface area contributed by atoms with Gasteiger partial charge in [0.05, 0.1) is 10.6 Å². The lowest BCUT2D eigenvalue weighted by molar-refractivity contribution is 0.600. The van der Waals surface area contributed by atoms with Crippen LogP contribution in [0.3, 0.4) is 0 Å². The number of hydrogen-bond donors (Lipinski definition) is 3. The van der Waals surface area contributed by atoms with Crippen molar-refractivity contribution in [3.63, 3.8) is 0 Å². The first-order chi connectivity index (χ1) is 10.8. The molecule has 0 bridgehead atoms. The fourth-order valence-corrected chi connectivity index (χ4v) is 3.55. The van der Waals surface area contributed by atoms with E-state index >= 15 is 0 Å². The molecule has 3 N–H and O–H groups in total. The van der Waals surface area contributed by atoms with Crippen LogP contribution in [0.1, 0.15) is 5.56 Å². The third-order valence-corrected chi connectivity index (χ3v) is 5.10. The topological polar surface area (TPSA) is 70.2 Å². The van der Waals surface area contributed by atoms with E-state index in [1.165, 1.54) is 6.07 Å². The van der Waals surface area contributed by atoms with Crippen LogP contribution in [-0.4, -0.2) is 20.6 Å². The smallest absolute Gasteiger partial charge is 0.262 e. The lowest BCUT2D eigenvalue weighted by atomic mass is 10.2. The van der Waals surface area contributed by atoms with Crippen LogP contribution < -0.4 is 15.4 Å². The molecule has 0 fully saturated rings. The van der Waals surface area contributed by atoms with Crippen molar-refractivity contribution in [2.75, 3.05) is 17.1 Å². The zero-order chi connectivity index (χ0) is 17.0. The van der Waals surface area contributed by atoms with Gasteiger partial charge < -0.3 is 10.6 Å². The normalized spacial score (nSPS) is 10.9. The number of nitrogens with one attached hydrogen (secondary N) is 3. The predicted octanol–water partition coefficient (Wildman–Crippen LogP) is 3.37. The van der Waals surface area contributed by atoms with E-state index < -0.39 is 10.0 Å². The fraction of sp³-hybridized carbons (Fsp3) is 0.133. The van der Waals surface area contributed by atoms with Crippen molar-refractivity contribution in [1.82, 2.24) is 5.32 Å². The molecule has 0 spiro atoms. The van der Waals surface area contributed by atoms with E-state index in [2.05, 4.69) is 15.4 Å². The van der Waals surface area contributed by atoms with Gasteiger partial charge in [-0.1, -0.05) is 23.7 Å². The molecule has 0 atom stereocenters. The Morgan fingerprint density at radius 3 is 2.52 bits per heavy atom. The molecule has 0 heterocycles. The Morgan fingerprint density at radius 1 is 1.13 bits per heavy atom. The molecule has 0 saturated carbocycles. The van der Waals surface area contributed by atoms with E-state index in [1.54, 1.807) is 50.4 Å². The molecular weight excluding hydrogens is 354 g/mol. The second-order valence-corrected chi connectivity index (χ2v) is 7.30. The quantitative estimate of drug-likeness (QED) is 0.721. The van der Waals surface area contributed by atoms with Crippen LogP contribution in [0.25, 0.3) is 0 Å². The standard InChI is InChI=1S/C15H16ClN3O2S2/c1-10-6-7-12(18-15(22)17-2)9-14(10)23(20,21)19-13-5-3-4-11(16)8-13/h3-9,19H,1-2H3,(H2,17,18,22). The van der Waals surface area contributed by atoms with Crippen molar-refractivity contribution in [2.45, 2.75) is 11.8 Å². The number of thiocarbonyl (C=S) groups is 1. The highest BCUT2D eigenvalue weighted by atomic mass is 35.5. The molecule has 0 aliphatic carbocycles. The molecule has 0 aliphatic heterocycles. The third kappa shape index (κ3) is 4.57. The van der Waals surface area contributed by atoms with Gasteiger partial charge in [-0.25, -0.2) is 8.42 Å². The SMILES string of the molecule is CNC(=S)Nc1ccc(C)c(S(=O)(=O)Nc2cccc(Cl)c2)c1. The molecule has 2 rings (SSSR count). The largest absolute Gasteiger partial charge is 0.366 e. The van der Waals surface area contributed by atoms with Crippen LogP contribution in [0, 0.1) is 6.92 Å². The van der Waals surface area contributed by atoms with Crippen LogP contribution in [-0.2, 0) is 10.0 Å². The maximum absolute atomic E-state index is 12.6. The van der Waals surface area contributed by atoms with E-state index in [-0.39, 0.29) is 4.90 Å². The van der Waals surface area contributed by atoms with Crippen LogP contribution in [0.2, 0.25) is 5.02 Å². The van der Waals surface area contributed by atoms with Gasteiger partial charge in [0.1, 0.15) is 0 Å². The van der Waals surface area contributed by atoms with Crippen LogP contribution in [0.4, 0.5) is 11.4 Å². The van der Waals surface area contributed by atoms with Crippen LogP contribution >= 0.6 is 23.8 Å². The van der Waals surface area contributed by atoms with E-state index in [4.69, 9.17) is 23.8 Å². The molecule has 0 radical (unpaired) electrons. The van der Waals surface area contributed by atoms with Gasteiger partial charge in [-0.3, -0.25) is 4.72 Å². The van der Waals surface area contributed by atoms with Gasteiger partial charge in [-0.2, -0.15) is 0 Å². The van der Waals surface area contributed by atoms with Gasteiger partial charge in [0, 0.05) is 17.8 Å². The molecule has 23 heavy (non-hydrogen) atoms. The minimum absolute atomic E-state index is 0.168. The highest BCUT2D eigenvalue weighted by molar-refractivity contribution is 7.92. The van der Waals surface area contributed by atoms with Crippen molar-refractivity contribution in [2.24, 2.45) is 0 Å². The summed E-state index contributed by atoms with van der Waals surface area (Å²) >= 11 is 10.9. The summed E-state index contributed by atoms with van der Waals surface area (Å²) < 4.78 is 27.7. The van der Waals surface area contributed by atoms with E-state index in [0.29, 0.717) is 27.1 Å². The lowest BCUT2D eigenvalue weighted by Gasteiger charge is -2.13. The van der Waals surface area contributed by atoms with Gasteiger partial charge in [-0.15, -0.1) is 0 Å². The van der Waals surface area contributed by atoms with Crippen molar-refractivity contribution >= 4 is 50.3 Å². The summed E-state index contributed by atoms with van der Waals surface area (Å²) in [6.45, 7) is 1.73. The Hall–Kier alpha value is -1.83. The first-order valence-electron chi connectivity index (χ1n) is 6.69. The Labute approximate surface area is 146 Å². The van der Waals surface area contributed by atoms with E-state index in [9.17, 15) is 8.42 Å². The summed E-state index contributed by atoms with van der Waals surface area (Å²) in [4.78, 5) is 0.168. The van der Waals surface area contributed by atoms with Crippen molar-refractivity contribution < 1.29 is 8.42 Å². The van der Waals surface area contributed by atoms with E-state index in [1.807, 2.05) is 0 Å². The molecule has 2 aromatic rings. The molecule has 2 aromatic carbocycles. The number of sulfonamides is 1. The molecule has 5 nitrogen and oxygen atoms in total. The number of aryl methyl sites for hydroxylation is 1. The predicted molar refractivity (Wildman–Crippen MR) is 98.7 cm³/mol. The summed E-state index contributed by atoms with van der Waals surface area (Å²) in [5.74, 6) is 0. The summed E-state index contributed by atoms with van der Waals surface area (Å²) in [7, 11) is -2.06. The molecular formula is C15H16ClN3O2S2. The number of rotatable bonds is 4.